The van der Waals surface area contributed by atoms with Crippen LogP contribution in [0.4, 0.5) is 0 Å². The van der Waals surface area contributed by atoms with Gasteiger partial charge >= 0.3 is 0 Å². The van der Waals surface area contributed by atoms with Crippen LogP contribution in [0.2, 0.25) is 0 Å². The van der Waals surface area contributed by atoms with Crippen LogP contribution in [-0.2, 0) is 0 Å². The zero-order valence-electron chi connectivity index (χ0n) is 19.1. The first kappa shape index (κ1) is 20.2. The summed E-state index contributed by atoms with van der Waals surface area (Å²) in [6, 6.07) is 0. The van der Waals surface area contributed by atoms with E-state index < -0.39 is 5.60 Å². The number of aliphatic hydroxyl groups is 1. The fourth-order valence-electron chi connectivity index (χ4n) is 8.62. The maximum absolute atomic E-state index is 10.7. The van der Waals surface area contributed by atoms with E-state index in [9.17, 15) is 5.11 Å². The monoisotopic (exact) mass is 374 g/mol. The van der Waals surface area contributed by atoms with Crippen LogP contribution in [0.15, 0.2) is 0 Å². The highest BCUT2D eigenvalue weighted by Gasteiger charge is 2.60. The first-order valence-electron chi connectivity index (χ1n) is 12.2. The van der Waals surface area contributed by atoms with Crippen LogP contribution in [0.1, 0.15) is 112 Å². The molecule has 4 aliphatic rings. The summed E-state index contributed by atoms with van der Waals surface area (Å²) in [5.74, 6) is 4.64. The maximum atomic E-state index is 10.7. The average Bonchev–Trinajstić information content (AvgIpc) is 2.89. The lowest BCUT2D eigenvalue weighted by atomic mass is 9.44. The highest BCUT2D eigenvalue weighted by molar-refractivity contribution is 5.10. The Labute approximate surface area is 169 Å². The lowest BCUT2D eigenvalue weighted by Crippen LogP contribution is -2.55. The molecule has 0 aliphatic heterocycles. The van der Waals surface area contributed by atoms with Crippen molar-refractivity contribution in [2.24, 2.45) is 45.8 Å². The number of hydrogen-bond acceptors (Lipinski definition) is 1. The van der Waals surface area contributed by atoms with Crippen molar-refractivity contribution in [2.45, 2.75) is 118 Å². The minimum Gasteiger partial charge on any atom is -0.390 e. The van der Waals surface area contributed by atoms with Gasteiger partial charge in [0.05, 0.1) is 5.60 Å². The molecule has 4 saturated carbocycles. The maximum Gasteiger partial charge on any atom is 0.0622 e. The molecule has 4 fully saturated rings. The van der Waals surface area contributed by atoms with Crippen molar-refractivity contribution in [3.8, 4) is 0 Å². The summed E-state index contributed by atoms with van der Waals surface area (Å²) in [7, 11) is 0. The number of hydrogen-bond donors (Lipinski definition) is 1. The minimum atomic E-state index is -0.397. The predicted molar refractivity (Wildman–Crippen MR) is 115 cm³/mol. The molecule has 0 amide bonds. The van der Waals surface area contributed by atoms with E-state index in [1.807, 2.05) is 0 Å². The molecule has 156 valence electrons. The summed E-state index contributed by atoms with van der Waals surface area (Å²) in [5.41, 5.74) is 1.22. The molecule has 27 heavy (non-hydrogen) atoms. The molecule has 1 nitrogen and oxygen atoms in total. The fraction of sp³-hybridized carbons (Fsp3) is 1.00. The molecule has 0 heterocycles. The lowest BCUT2D eigenvalue weighted by Gasteiger charge is -2.62. The van der Waals surface area contributed by atoms with Crippen LogP contribution < -0.4 is 0 Å². The van der Waals surface area contributed by atoms with Crippen molar-refractivity contribution in [1.82, 2.24) is 0 Å². The Morgan fingerprint density at radius 2 is 1.52 bits per heavy atom. The third-order valence-corrected chi connectivity index (χ3v) is 10.4. The molecule has 1 N–H and O–H groups in total. The van der Waals surface area contributed by atoms with Crippen LogP contribution in [0.5, 0.6) is 0 Å². The Hall–Kier alpha value is -0.0400. The molecule has 0 aromatic rings. The highest BCUT2D eigenvalue weighted by atomic mass is 16.3. The third-order valence-electron chi connectivity index (χ3n) is 10.4. The third kappa shape index (κ3) is 3.43. The van der Waals surface area contributed by atoms with Gasteiger partial charge in [-0.1, -0.05) is 34.6 Å². The van der Waals surface area contributed by atoms with Crippen molar-refractivity contribution in [3.05, 3.63) is 0 Å². The molecule has 0 spiro atoms. The topological polar surface area (TPSA) is 20.2 Å². The molecule has 4 rings (SSSR count). The van der Waals surface area contributed by atoms with E-state index >= 15 is 0 Å². The van der Waals surface area contributed by atoms with E-state index in [1.165, 1.54) is 57.8 Å². The summed E-state index contributed by atoms with van der Waals surface area (Å²) in [6.45, 7) is 14.6. The average molecular weight is 375 g/mol. The molecule has 0 saturated heterocycles. The lowest BCUT2D eigenvalue weighted by molar-refractivity contribution is -0.146. The smallest absolute Gasteiger partial charge is 0.0622 e. The van der Waals surface area contributed by atoms with Gasteiger partial charge in [0, 0.05) is 0 Å². The minimum absolute atomic E-state index is 0.397. The van der Waals surface area contributed by atoms with Gasteiger partial charge in [0.15, 0.2) is 0 Å². The second kappa shape index (κ2) is 6.48. The normalized spacial score (nSPS) is 52.8. The van der Waals surface area contributed by atoms with Gasteiger partial charge < -0.3 is 5.11 Å². The van der Waals surface area contributed by atoms with E-state index in [1.54, 1.807) is 0 Å². The molecule has 4 aliphatic carbocycles. The quantitative estimate of drug-likeness (QED) is 0.541. The van der Waals surface area contributed by atoms with E-state index in [4.69, 9.17) is 0 Å². The SMILES string of the molecule is CC(C)(C)CC[C@H]1CCC2C3CC[C@H]4C[C@@](C)(O)CC[C@]4(C)C3CC[C@@]21C. The largest absolute Gasteiger partial charge is 0.390 e. The Balaban J connectivity index is 1.51. The van der Waals surface area contributed by atoms with Gasteiger partial charge in [-0.15, -0.1) is 0 Å². The van der Waals surface area contributed by atoms with Crippen LogP contribution >= 0.6 is 0 Å². The molecule has 0 aromatic carbocycles. The molecule has 1 heteroatoms. The predicted octanol–water partition coefficient (Wildman–Crippen LogP) is 7.22. The van der Waals surface area contributed by atoms with E-state index in [0.29, 0.717) is 16.2 Å². The molecular weight excluding hydrogens is 328 g/mol. The second-order valence-electron chi connectivity index (χ2n) is 13.3. The van der Waals surface area contributed by atoms with Crippen LogP contribution in [0, 0.1) is 45.8 Å². The van der Waals surface area contributed by atoms with E-state index in [0.717, 1.165) is 42.4 Å². The van der Waals surface area contributed by atoms with Gasteiger partial charge in [0.1, 0.15) is 0 Å². The molecule has 8 atom stereocenters. The van der Waals surface area contributed by atoms with Crippen LogP contribution in [0.25, 0.3) is 0 Å². The summed E-state index contributed by atoms with van der Waals surface area (Å²) >= 11 is 0. The standard InChI is InChI=1S/C26H46O/c1-23(2,3)13-11-18-8-10-21-20-9-7-19-17-24(4,27)15-16-26(19,6)22(20)12-14-25(18,21)5/h18-22,27H,7-17H2,1-6H3/t18-,19+,20?,21?,22?,24+,25-,26+/m1/s1. The summed E-state index contributed by atoms with van der Waals surface area (Å²) in [5, 5.41) is 10.7. The van der Waals surface area contributed by atoms with Gasteiger partial charge in [-0.2, -0.15) is 0 Å². The zero-order chi connectivity index (χ0) is 19.7. The van der Waals surface area contributed by atoms with Gasteiger partial charge in [0.25, 0.3) is 0 Å². The van der Waals surface area contributed by atoms with Gasteiger partial charge in [-0.25, -0.2) is 0 Å². The van der Waals surface area contributed by atoms with Crippen molar-refractivity contribution < 1.29 is 5.11 Å². The van der Waals surface area contributed by atoms with Crippen molar-refractivity contribution in [2.75, 3.05) is 0 Å². The van der Waals surface area contributed by atoms with Crippen LogP contribution in [0.3, 0.4) is 0 Å². The summed E-state index contributed by atoms with van der Waals surface area (Å²) in [6.07, 6.45) is 15.0. The molecule has 0 radical (unpaired) electrons. The fourth-order valence-corrected chi connectivity index (χ4v) is 8.62. The first-order chi connectivity index (χ1) is 12.4. The first-order valence-corrected chi connectivity index (χ1v) is 12.2. The zero-order valence-corrected chi connectivity index (χ0v) is 19.1. The Morgan fingerprint density at radius 3 is 2.22 bits per heavy atom. The molecule has 3 unspecified atom stereocenters. The Bertz CT molecular complexity index is 557. The van der Waals surface area contributed by atoms with Gasteiger partial charge in [0.2, 0.25) is 0 Å². The number of rotatable bonds is 2. The van der Waals surface area contributed by atoms with Crippen molar-refractivity contribution >= 4 is 0 Å². The highest BCUT2D eigenvalue weighted by Crippen LogP contribution is 2.68. The van der Waals surface area contributed by atoms with E-state index in [-0.39, 0.29) is 0 Å². The summed E-state index contributed by atoms with van der Waals surface area (Å²) in [4.78, 5) is 0. The van der Waals surface area contributed by atoms with Crippen molar-refractivity contribution in [1.29, 1.82) is 0 Å². The van der Waals surface area contributed by atoms with E-state index in [2.05, 4.69) is 41.5 Å². The second-order valence-corrected chi connectivity index (χ2v) is 13.3. The molecule has 0 bridgehead atoms. The number of fused-ring (bicyclic) bond motifs is 5. The molecular formula is C26H46O. The summed E-state index contributed by atoms with van der Waals surface area (Å²) < 4.78 is 0. The van der Waals surface area contributed by atoms with Gasteiger partial charge in [-0.05, 0) is 123 Å². The van der Waals surface area contributed by atoms with Crippen molar-refractivity contribution in [3.63, 3.8) is 0 Å². The van der Waals surface area contributed by atoms with Gasteiger partial charge in [-0.3, -0.25) is 0 Å². The Kier molecular flexibility index (Phi) is 4.86. The molecule has 0 aromatic heterocycles. The Morgan fingerprint density at radius 1 is 0.815 bits per heavy atom. The van der Waals surface area contributed by atoms with Crippen LogP contribution in [-0.4, -0.2) is 10.7 Å².